The second kappa shape index (κ2) is 6.76. The van der Waals surface area contributed by atoms with E-state index in [1.807, 2.05) is 36.4 Å². The second-order valence-corrected chi connectivity index (χ2v) is 5.85. The van der Waals surface area contributed by atoms with Crippen molar-refractivity contribution in [1.29, 1.82) is 0 Å². The van der Waals surface area contributed by atoms with E-state index in [9.17, 15) is 0 Å². The minimum Gasteiger partial charge on any atom is -0.306 e. The van der Waals surface area contributed by atoms with Gasteiger partial charge in [0.1, 0.15) is 0 Å². The van der Waals surface area contributed by atoms with Crippen molar-refractivity contribution in [3.63, 3.8) is 0 Å². The van der Waals surface area contributed by atoms with Crippen LogP contribution in [0, 0.1) is 0 Å². The summed E-state index contributed by atoms with van der Waals surface area (Å²) < 4.78 is 1.08. The standard InChI is InChI=1S/C15H14BrCl2N/c1-2-19-15(11-5-3-4-6-12(11)16)10-7-8-13(17)14(18)9-10/h3-9,15,19H,2H2,1H3. The highest BCUT2D eigenvalue weighted by atomic mass is 79.9. The summed E-state index contributed by atoms with van der Waals surface area (Å²) in [4.78, 5) is 0. The van der Waals surface area contributed by atoms with Crippen molar-refractivity contribution < 1.29 is 0 Å². The number of hydrogen-bond donors (Lipinski definition) is 1. The Kier molecular flexibility index (Phi) is 5.28. The van der Waals surface area contributed by atoms with Gasteiger partial charge in [-0.3, -0.25) is 0 Å². The molecule has 1 unspecified atom stereocenters. The smallest absolute Gasteiger partial charge is 0.0595 e. The molecule has 1 nitrogen and oxygen atoms in total. The molecule has 0 aliphatic carbocycles. The molecule has 0 fully saturated rings. The summed E-state index contributed by atoms with van der Waals surface area (Å²) in [6, 6.07) is 14.0. The van der Waals surface area contributed by atoms with Crippen molar-refractivity contribution in [3.8, 4) is 0 Å². The molecule has 0 amide bonds. The van der Waals surface area contributed by atoms with Gasteiger partial charge in [0, 0.05) is 4.47 Å². The fourth-order valence-electron chi connectivity index (χ4n) is 2.01. The van der Waals surface area contributed by atoms with Gasteiger partial charge in [-0.05, 0) is 35.9 Å². The average Bonchev–Trinajstić information content (AvgIpc) is 2.40. The average molecular weight is 359 g/mol. The molecule has 19 heavy (non-hydrogen) atoms. The number of rotatable bonds is 4. The fraction of sp³-hybridized carbons (Fsp3) is 0.200. The van der Waals surface area contributed by atoms with E-state index in [4.69, 9.17) is 23.2 Å². The Balaban J connectivity index is 2.45. The lowest BCUT2D eigenvalue weighted by Crippen LogP contribution is -2.22. The normalized spacial score (nSPS) is 12.4. The highest BCUT2D eigenvalue weighted by molar-refractivity contribution is 9.10. The maximum absolute atomic E-state index is 6.11. The van der Waals surface area contributed by atoms with Crippen LogP contribution in [-0.4, -0.2) is 6.54 Å². The summed E-state index contributed by atoms with van der Waals surface area (Å²) in [6.07, 6.45) is 0. The monoisotopic (exact) mass is 357 g/mol. The van der Waals surface area contributed by atoms with Crippen LogP contribution in [0.1, 0.15) is 24.1 Å². The van der Waals surface area contributed by atoms with Crippen molar-refractivity contribution in [1.82, 2.24) is 5.32 Å². The number of halogens is 3. The first-order chi connectivity index (χ1) is 9.13. The first-order valence-corrected chi connectivity index (χ1v) is 7.61. The summed E-state index contributed by atoms with van der Waals surface area (Å²) in [6.45, 7) is 2.95. The van der Waals surface area contributed by atoms with E-state index in [0.29, 0.717) is 10.0 Å². The van der Waals surface area contributed by atoms with Crippen molar-refractivity contribution in [2.24, 2.45) is 0 Å². The topological polar surface area (TPSA) is 12.0 Å². The molecule has 0 saturated heterocycles. The van der Waals surface area contributed by atoms with Crippen LogP contribution in [0.3, 0.4) is 0 Å². The van der Waals surface area contributed by atoms with E-state index in [2.05, 4.69) is 34.2 Å². The molecule has 4 heteroatoms. The van der Waals surface area contributed by atoms with E-state index >= 15 is 0 Å². The third-order valence-electron chi connectivity index (χ3n) is 2.90. The van der Waals surface area contributed by atoms with Crippen LogP contribution in [0.2, 0.25) is 10.0 Å². The van der Waals surface area contributed by atoms with Gasteiger partial charge in [0.15, 0.2) is 0 Å². The summed E-state index contributed by atoms with van der Waals surface area (Å²) in [7, 11) is 0. The largest absolute Gasteiger partial charge is 0.306 e. The lowest BCUT2D eigenvalue weighted by Gasteiger charge is -2.20. The Morgan fingerprint density at radius 1 is 1.11 bits per heavy atom. The molecular formula is C15H14BrCl2N. The lowest BCUT2D eigenvalue weighted by atomic mass is 9.99. The van der Waals surface area contributed by atoms with Crippen molar-refractivity contribution in [2.45, 2.75) is 13.0 Å². The zero-order valence-electron chi connectivity index (χ0n) is 10.5. The third-order valence-corrected chi connectivity index (χ3v) is 4.36. The highest BCUT2D eigenvalue weighted by Gasteiger charge is 2.16. The highest BCUT2D eigenvalue weighted by Crippen LogP contribution is 2.32. The van der Waals surface area contributed by atoms with Gasteiger partial charge in [0.05, 0.1) is 16.1 Å². The minimum absolute atomic E-state index is 0.0929. The van der Waals surface area contributed by atoms with Crippen LogP contribution in [-0.2, 0) is 0 Å². The lowest BCUT2D eigenvalue weighted by molar-refractivity contribution is 0.628. The van der Waals surface area contributed by atoms with Gasteiger partial charge in [-0.2, -0.15) is 0 Å². The molecule has 0 saturated carbocycles. The summed E-state index contributed by atoms with van der Waals surface area (Å²) in [5, 5.41) is 4.63. The molecule has 0 aliphatic heterocycles. The first kappa shape index (κ1) is 14.9. The molecule has 0 aliphatic rings. The van der Waals surface area contributed by atoms with Crippen LogP contribution in [0.4, 0.5) is 0 Å². The molecule has 0 heterocycles. The molecule has 2 aromatic carbocycles. The fourth-order valence-corrected chi connectivity index (χ4v) is 2.83. The summed E-state index contributed by atoms with van der Waals surface area (Å²) in [5.74, 6) is 0. The molecule has 1 atom stereocenters. The SMILES string of the molecule is CCNC(c1ccc(Cl)c(Cl)c1)c1ccccc1Br. The van der Waals surface area contributed by atoms with Gasteiger partial charge in [-0.25, -0.2) is 0 Å². The van der Waals surface area contributed by atoms with E-state index in [1.165, 1.54) is 5.56 Å². The number of benzene rings is 2. The zero-order valence-corrected chi connectivity index (χ0v) is 13.6. The van der Waals surface area contributed by atoms with Crippen LogP contribution < -0.4 is 5.32 Å². The maximum Gasteiger partial charge on any atom is 0.0595 e. The van der Waals surface area contributed by atoms with Crippen molar-refractivity contribution >= 4 is 39.1 Å². The quantitative estimate of drug-likeness (QED) is 0.765. The van der Waals surface area contributed by atoms with Crippen LogP contribution in [0.25, 0.3) is 0 Å². The summed E-state index contributed by atoms with van der Waals surface area (Å²) >= 11 is 15.7. The van der Waals surface area contributed by atoms with Gasteiger partial charge < -0.3 is 5.32 Å². The van der Waals surface area contributed by atoms with Crippen molar-refractivity contribution in [2.75, 3.05) is 6.54 Å². The Morgan fingerprint density at radius 3 is 2.47 bits per heavy atom. The molecule has 100 valence electrons. The summed E-state index contributed by atoms with van der Waals surface area (Å²) in [5.41, 5.74) is 2.28. The van der Waals surface area contributed by atoms with Crippen LogP contribution in [0.5, 0.6) is 0 Å². The maximum atomic E-state index is 6.11. The van der Waals surface area contributed by atoms with Crippen molar-refractivity contribution in [3.05, 3.63) is 68.1 Å². The van der Waals surface area contributed by atoms with Gasteiger partial charge in [0.25, 0.3) is 0 Å². The van der Waals surface area contributed by atoms with E-state index in [1.54, 1.807) is 0 Å². The van der Waals surface area contributed by atoms with Gasteiger partial charge >= 0.3 is 0 Å². The van der Waals surface area contributed by atoms with E-state index in [-0.39, 0.29) is 6.04 Å². The molecule has 1 N–H and O–H groups in total. The van der Waals surface area contributed by atoms with Crippen LogP contribution >= 0.6 is 39.1 Å². The Bertz CT molecular complexity index is 572. The molecule has 2 rings (SSSR count). The molecule has 0 aromatic heterocycles. The Morgan fingerprint density at radius 2 is 1.84 bits per heavy atom. The van der Waals surface area contributed by atoms with Gasteiger partial charge in [-0.1, -0.05) is 70.3 Å². The minimum atomic E-state index is 0.0929. The van der Waals surface area contributed by atoms with Gasteiger partial charge in [-0.15, -0.1) is 0 Å². The molecule has 0 bridgehead atoms. The Hall–Kier alpha value is -0.540. The number of hydrogen-bond acceptors (Lipinski definition) is 1. The Labute approximate surface area is 132 Å². The molecular weight excluding hydrogens is 345 g/mol. The third kappa shape index (κ3) is 3.51. The predicted molar refractivity (Wildman–Crippen MR) is 86.1 cm³/mol. The van der Waals surface area contributed by atoms with Gasteiger partial charge in [0.2, 0.25) is 0 Å². The predicted octanol–water partition coefficient (Wildman–Crippen LogP) is 5.45. The molecule has 2 aromatic rings. The molecule has 0 radical (unpaired) electrons. The van der Waals surface area contributed by atoms with E-state index in [0.717, 1.165) is 16.6 Å². The second-order valence-electron chi connectivity index (χ2n) is 4.19. The first-order valence-electron chi connectivity index (χ1n) is 6.06. The number of nitrogens with one attached hydrogen (secondary N) is 1. The molecule has 0 spiro atoms. The zero-order chi connectivity index (χ0) is 13.8. The van der Waals surface area contributed by atoms with E-state index < -0.39 is 0 Å². The van der Waals surface area contributed by atoms with Crippen LogP contribution in [0.15, 0.2) is 46.9 Å².